The van der Waals surface area contributed by atoms with Crippen LogP contribution in [0, 0.1) is 6.92 Å². The fourth-order valence-corrected chi connectivity index (χ4v) is 3.21. The molecule has 0 unspecified atom stereocenters. The Labute approximate surface area is 135 Å². The van der Waals surface area contributed by atoms with Crippen LogP contribution in [0.5, 0.6) is 0 Å². The van der Waals surface area contributed by atoms with E-state index in [1.54, 1.807) is 0 Å². The van der Waals surface area contributed by atoms with Gasteiger partial charge in [-0.15, -0.1) is 15.0 Å². The Morgan fingerprint density at radius 3 is 2.57 bits per heavy atom. The number of nitrogens with zero attached hydrogens (tertiary/aromatic N) is 4. The van der Waals surface area contributed by atoms with Gasteiger partial charge in [-0.25, -0.2) is 4.79 Å². The highest BCUT2D eigenvalue weighted by molar-refractivity contribution is 5.91. The SMILES string of the molecule is Cc1ccccc1-n1nc(C(=O)O)c(N(C)C2CCCCC2)n1. The molecule has 122 valence electrons. The van der Waals surface area contributed by atoms with Gasteiger partial charge in [0.25, 0.3) is 0 Å². The van der Waals surface area contributed by atoms with E-state index in [1.807, 2.05) is 43.1 Å². The minimum Gasteiger partial charge on any atom is -0.476 e. The van der Waals surface area contributed by atoms with E-state index < -0.39 is 5.97 Å². The summed E-state index contributed by atoms with van der Waals surface area (Å²) in [6, 6.07) is 8.03. The van der Waals surface area contributed by atoms with E-state index in [0.29, 0.717) is 11.9 Å². The lowest BCUT2D eigenvalue weighted by Gasteiger charge is -2.31. The lowest BCUT2D eigenvalue weighted by atomic mass is 9.94. The van der Waals surface area contributed by atoms with E-state index in [-0.39, 0.29) is 5.69 Å². The smallest absolute Gasteiger partial charge is 0.360 e. The molecule has 1 heterocycles. The number of hydrogen-bond donors (Lipinski definition) is 1. The maximum Gasteiger partial charge on any atom is 0.360 e. The van der Waals surface area contributed by atoms with E-state index in [2.05, 4.69) is 10.2 Å². The van der Waals surface area contributed by atoms with Crippen LogP contribution in [-0.2, 0) is 0 Å². The molecule has 1 aromatic heterocycles. The van der Waals surface area contributed by atoms with Gasteiger partial charge in [-0.3, -0.25) is 0 Å². The van der Waals surface area contributed by atoms with Crippen LogP contribution in [0.25, 0.3) is 5.69 Å². The second-order valence-corrected chi connectivity index (χ2v) is 6.16. The second kappa shape index (κ2) is 6.40. The van der Waals surface area contributed by atoms with E-state index >= 15 is 0 Å². The van der Waals surface area contributed by atoms with Gasteiger partial charge < -0.3 is 10.0 Å². The molecular weight excluding hydrogens is 292 g/mol. The third-order valence-electron chi connectivity index (χ3n) is 4.59. The van der Waals surface area contributed by atoms with Gasteiger partial charge in [0.15, 0.2) is 5.82 Å². The van der Waals surface area contributed by atoms with Crippen molar-refractivity contribution in [2.45, 2.75) is 45.1 Å². The lowest BCUT2D eigenvalue weighted by Crippen LogP contribution is -2.34. The number of hydrogen-bond acceptors (Lipinski definition) is 4. The number of rotatable bonds is 4. The summed E-state index contributed by atoms with van der Waals surface area (Å²) in [6.07, 6.45) is 5.78. The standard InChI is InChI=1S/C17H22N4O2/c1-12-8-6-7-11-14(12)21-18-15(17(22)23)16(19-21)20(2)13-9-4-3-5-10-13/h6-8,11,13H,3-5,9-10H2,1-2H3,(H,22,23). The second-order valence-electron chi connectivity index (χ2n) is 6.16. The van der Waals surface area contributed by atoms with Crippen LogP contribution >= 0.6 is 0 Å². The average Bonchev–Trinajstić information content (AvgIpc) is 3.01. The Morgan fingerprint density at radius 1 is 1.22 bits per heavy atom. The number of carboxylic acid groups (broad SMARTS) is 1. The molecule has 0 aliphatic heterocycles. The topological polar surface area (TPSA) is 71.2 Å². The van der Waals surface area contributed by atoms with Gasteiger partial charge in [0.2, 0.25) is 5.69 Å². The van der Waals surface area contributed by atoms with Gasteiger partial charge in [0.1, 0.15) is 0 Å². The Morgan fingerprint density at radius 2 is 1.91 bits per heavy atom. The fraction of sp³-hybridized carbons (Fsp3) is 0.471. The van der Waals surface area contributed by atoms with Gasteiger partial charge >= 0.3 is 5.97 Å². The summed E-state index contributed by atoms with van der Waals surface area (Å²) in [5.41, 5.74) is 1.82. The van der Waals surface area contributed by atoms with Crippen LogP contribution in [0.2, 0.25) is 0 Å². The number of carbonyl (C=O) groups is 1. The number of carboxylic acids is 1. The summed E-state index contributed by atoms with van der Waals surface area (Å²) in [7, 11) is 1.93. The Bertz CT molecular complexity index is 704. The highest BCUT2D eigenvalue weighted by Crippen LogP contribution is 2.27. The normalized spacial score (nSPS) is 15.6. The molecular formula is C17H22N4O2. The van der Waals surface area contributed by atoms with E-state index in [1.165, 1.54) is 24.1 Å². The molecule has 6 nitrogen and oxygen atoms in total. The molecule has 1 aliphatic carbocycles. The lowest BCUT2D eigenvalue weighted by molar-refractivity contribution is 0.0690. The maximum atomic E-state index is 11.6. The molecule has 0 atom stereocenters. The van der Waals surface area contributed by atoms with E-state index in [4.69, 9.17) is 0 Å². The minimum absolute atomic E-state index is 0.0151. The number of aromatic carboxylic acids is 1. The first-order chi connectivity index (χ1) is 11.1. The van der Waals surface area contributed by atoms with Crippen LogP contribution in [0.15, 0.2) is 24.3 Å². The molecule has 0 saturated heterocycles. The minimum atomic E-state index is -1.04. The van der Waals surface area contributed by atoms with Gasteiger partial charge in [-0.1, -0.05) is 37.5 Å². The molecule has 1 aromatic carbocycles. The summed E-state index contributed by atoms with van der Waals surface area (Å²) >= 11 is 0. The number of benzene rings is 1. The Hall–Kier alpha value is -2.37. The summed E-state index contributed by atoms with van der Waals surface area (Å²) in [5, 5.41) is 18.2. The van der Waals surface area contributed by atoms with Crippen molar-refractivity contribution < 1.29 is 9.90 Å². The maximum absolute atomic E-state index is 11.6. The van der Waals surface area contributed by atoms with Gasteiger partial charge in [-0.05, 0) is 31.4 Å². The summed E-state index contributed by atoms with van der Waals surface area (Å²) in [5.74, 6) is -0.588. The molecule has 2 aromatic rings. The zero-order valence-electron chi connectivity index (χ0n) is 13.6. The summed E-state index contributed by atoms with van der Waals surface area (Å²) in [6.45, 7) is 1.96. The van der Waals surface area contributed by atoms with Gasteiger partial charge in [0.05, 0.1) is 5.69 Å². The van der Waals surface area contributed by atoms with Gasteiger partial charge in [-0.2, -0.15) is 0 Å². The number of para-hydroxylation sites is 1. The van der Waals surface area contributed by atoms with Crippen molar-refractivity contribution in [3.63, 3.8) is 0 Å². The molecule has 0 bridgehead atoms. The number of aromatic nitrogens is 3. The van der Waals surface area contributed by atoms with Crippen molar-refractivity contribution >= 4 is 11.8 Å². The third-order valence-corrected chi connectivity index (χ3v) is 4.59. The summed E-state index contributed by atoms with van der Waals surface area (Å²) < 4.78 is 0. The zero-order valence-corrected chi connectivity index (χ0v) is 13.6. The molecule has 1 N–H and O–H groups in total. The summed E-state index contributed by atoms with van der Waals surface area (Å²) in [4.78, 5) is 15.0. The predicted octanol–water partition coefficient (Wildman–Crippen LogP) is 3.04. The molecule has 0 radical (unpaired) electrons. The molecule has 1 aliphatic rings. The quantitative estimate of drug-likeness (QED) is 0.939. The predicted molar refractivity (Wildman–Crippen MR) is 88.3 cm³/mol. The third kappa shape index (κ3) is 3.06. The molecule has 3 rings (SSSR count). The molecule has 23 heavy (non-hydrogen) atoms. The Balaban J connectivity index is 1.99. The average molecular weight is 314 g/mol. The van der Waals surface area contributed by atoms with E-state index in [9.17, 15) is 9.90 Å². The first-order valence-electron chi connectivity index (χ1n) is 8.07. The van der Waals surface area contributed by atoms with Crippen LogP contribution in [0.4, 0.5) is 5.82 Å². The van der Waals surface area contributed by atoms with Crippen molar-refractivity contribution in [3.05, 3.63) is 35.5 Å². The molecule has 1 fully saturated rings. The molecule has 0 spiro atoms. The van der Waals surface area contributed by atoms with Crippen molar-refractivity contribution in [3.8, 4) is 5.69 Å². The zero-order chi connectivity index (χ0) is 16.4. The van der Waals surface area contributed by atoms with Crippen LogP contribution < -0.4 is 4.90 Å². The number of aryl methyl sites for hydroxylation is 1. The first kappa shape index (κ1) is 15.5. The molecule has 6 heteroatoms. The largest absolute Gasteiger partial charge is 0.476 e. The van der Waals surface area contributed by atoms with Crippen LogP contribution in [-0.4, -0.2) is 39.2 Å². The molecule has 0 amide bonds. The van der Waals surface area contributed by atoms with Crippen LogP contribution in [0.3, 0.4) is 0 Å². The van der Waals surface area contributed by atoms with Crippen molar-refractivity contribution in [2.24, 2.45) is 0 Å². The van der Waals surface area contributed by atoms with Crippen molar-refractivity contribution in [1.82, 2.24) is 15.0 Å². The fourth-order valence-electron chi connectivity index (χ4n) is 3.21. The van der Waals surface area contributed by atoms with Crippen molar-refractivity contribution in [1.29, 1.82) is 0 Å². The highest BCUT2D eigenvalue weighted by atomic mass is 16.4. The molecule has 1 saturated carbocycles. The van der Waals surface area contributed by atoms with E-state index in [0.717, 1.165) is 24.1 Å². The number of anilines is 1. The Kier molecular flexibility index (Phi) is 4.32. The highest BCUT2D eigenvalue weighted by Gasteiger charge is 2.27. The monoisotopic (exact) mass is 314 g/mol. The van der Waals surface area contributed by atoms with Crippen LogP contribution in [0.1, 0.15) is 48.2 Å². The first-order valence-corrected chi connectivity index (χ1v) is 8.07. The van der Waals surface area contributed by atoms with Crippen molar-refractivity contribution in [2.75, 3.05) is 11.9 Å². The van der Waals surface area contributed by atoms with Gasteiger partial charge in [0, 0.05) is 13.1 Å².